The second-order valence-electron chi connectivity index (χ2n) is 12.6. The number of carbonyl (C=O) groups is 4. The van der Waals surface area contributed by atoms with Crippen molar-refractivity contribution in [2.75, 3.05) is 93.2 Å². The molecule has 0 amide bonds. The third-order valence-corrected chi connectivity index (χ3v) is 6.86. The van der Waals surface area contributed by atoms with E-state index in [0.717, 1.165) is 0 Å². The fraction of sp³-hybridized carbons (Fsp3) is 0.700. The number of hydrogen-bond acceptors (Lipinski definition) is 17. The summed E-state index contributed by atoms with van der Waals surface area (Å²) in [5, 5.41) is 0. The van der Waals surface area contributed by atoms with Crippen molar-refractivity contribution in [3.63, 3.8) is 0 Å². The fourth-order valence-electron chi connectivity index (χ4n) is 3.76. The van der Waals surface area contributed by atoms with Gasteiger partial charge in [-0.05, 0) is 40.5 Å². The average molecular weight is 819 g/mol. The lowest BCUT2D eigenvalue weighted by Gasteiger charge is -2.19. The topological polar surface area (TPSA) is 188 Å². The Morgan fingerprint density at radius 3 is 0.807 bits per heavy atom. The maximum Gasteiger partial charge on any atom is 0.333 e. The second kappa shape index (κ2) is 36.8. The van der Waals surface area contributed by atoms with E-state index in [2.05, 4.69) is 26.3 Å². The summed E-state index contributed by atoms with van der Waals surface area (Å²) in [6.07, 6.45) is 2.87. The van der Waals surface area contributed by atoms with Crippen molar-refractivity contribution < 1.29 is 80.8 Å². The molecular weight excluding hydrogens is 752 g/mol. The monoisotopic (exact) mass is 818 g/mol. The summed E-state index contributed by atoms with van der Waals surface area (Å²) >= 11 is 0. The molecule has 0 aromatic rings. The van der Waals surface area contributed by atoms with Gasteiger partial charge in [0.1, 0.15) is 27.2 Å². The summed E-state index contributed by atoms with van der Waals surface area (Å²) < 4.78 is 71.0. The molecule has 0 unspecified atom stereocenters. The zero-order chi connectivity index (χ0) is 42.5. The largest absolute Gasteiger partial charge is 0.462 e. The van der Waals surface area contributed by atoms with Crippen LogP contribution in [0.3, 0.4) is 0 Å². The van der Waals surface area contributed by atoms with E-state index < -0.39 is 36.5 Å². The molecule has 0 aliphatic heterocycles. The van der Waals surface area contributed by atoms with E-state index >= 15 is 0 Å². The minimum absolute atomic E-state index is 0.0451. The highest BCUT2D eigenvalue weighted by molar-refractivity contribution is 5.88. The van der Waals surface area contributed by atoms with Crippen LogP contribution in [0.15, 0.2) is 48.6 Å². The molecule has 0 fully saturated rings. The van der Waals surface area contributed by atoms with Gasteiger partial charge in [-0.1, -0.05) is 26.3 Å². The quantitative estimate of drug-likeness (QED) is 0.0257. The van der Waals surface area contributed by atoms with Crippen LogP contribution in [0, 0.1) is 0 Å². The molecule has 328 valence electrons. The summed E-state index contributed by atoms with van der Waals surface area (Å²) in [6.45, 7) is 23.2. The van der Waals surface area contributed by atoms with E-state index in [9.17, 15) is 19.2 Å². The van der Waals surface area contributed by atoms with Crippen molar-refractivity contribution in [3.05, 3.63) is 48.6 Å². The van der Waals surface area contributed by atoms with Gasteiger partial charge in [0, 0.05) is 74.0 Å². The average Bonchev–Trinajstić information content (AvgIpc) is 3.17. The maximum absolute atomic E-state index is 11.5. The van der Waals surface area contributed by atoms with Gasteiger partial charge in [0.15, 0.2) is 12.6 Å². The van der Waals surface area contributed by atoms with E-state index in [-0.39, 0.29) is 53.6 Å². The van der Waals surface area contributed by atoms with Crippen molar-refractivity contribution in [3.8, 4) is 0 Å². The molecule has 57 heavy (non-hydrogen) atoms. The molecule has 0 saturated heterocycles. The van der Waals surface area contributed by atoms with Crippen LogP contribution in [0.5, 0.6) is 0 Å². The number of rotatable bonds is 40. The Hall–Kier alpha value is -3.52. The first kappa shape index (κ1) is 53.5. The summed E-state index contributed by atoms with van der Waals surface area (Å²) in [4.78, 5) is 45.9. The van der Waals surface area contributed by atoms with E-state index in [1.165, 1.54) is 0 Å². The zero-order valence-electron chi connectivity index (χ0n) is 34.5. The van der Waals surface area contributed by atoms with Crippen LogP contribution < -0.4 is 0 Å². The van der Waals surface area contributed by atoms with Crippen molar-refractivity contribution in [1.29, 1.82) is 0 Å². The van der Waals surface area contributed by atoms with Gasteiger partial charge in [-0.2, -0.15) is 0 Å². The Morgan fingerprint density at radius 2 is 0.579 bits per heavy atom. The fourth-order valence-corrected chi connectivity index (χ4v) is 3.76. The van der Waals surface area contributed by atoms with Gasteiger partial charge in [-0.25, -0.2) is 19.2 Å². The lowest BCUT2D eigenvalue weighted by molar-refractivity contribution is -0.232. The summed E-state index contributed by atoms with van der Waals surface area (Å²) in [5.74, 6) is -1.80. The number of ether oxygens (including phenoxy) is 13. The summed E-state index contributed by atoms with van der Waals surface area (Å²) in [7, 11) is 0. The molecule has 0 aromatic heterocycles. The highest BCUT2D eigenvalue weighted by atomic mass is 16.8. The van der Waals surface area contributed by atoms with Crippen LogP contribution in [-0.4, -0.2) is 130 Å². The Balaban J connectivity index is 4.62. The van der Waals surface area contributed by atoms with Gasteiger partial charge >= 0.3 is 23.9 Å². The first-order chi connectivity index (χ1) is 27.3. The predicted molar refractivity (Wildman–Crippen MR) is 206 cm³/mol. The molecule has 17 nitrogen and oxygen atoms in total. The van der Waals surface area contributed by atoms with Gasteiger partial charge in [0.05, 0.1) is 52.9 Å². The SMILES string of the molecule is C=C(C)C(=O)OCCCOCOC(CCCOCCCC(OCOCCCOC(=O)C(=C)C)OCOCCCOC(=O)C(=C)C)OCOCCCOC(=O)C(=C)C. The van der Waals surface area contributed by atoms with E-state index in [0.29, 0.717) is 113 Å². The molecule has 0 radical (unpaired) electrons. The summed E-state index contributed by atoms with van der Waals surface area (Å²) in [5.41, 5.74) is 1.32. The van der Waals surface area contributed by atoms with Crippen LogP contribution in [0.2, 0.25) is 0 Å². The maximum atomic E-state index is 11.5. The third kappa shape index (κ3) is 34.3. The Labute approximate surface area is 337 Å². The van der Waals surface area contributed by atoms with E-state index in [4.69, 9.17) is 61.6 Å². The molecule has 0 bridgehead atoms. The normalized spacial score (nSPS) is 11.1. The molecule has 0 aliphatic rings. The van der Waals surface area contributed by atoms with Crippen molar-refractivity contribution >= 4 is 23.9 Å². The molecule has 0 heterocycles. The van der Waals surface area contributed by atoms with Crippen LogP contribution >= 0.6 is 0 Å². The Kier molecular flexibility index (Phi) is 34.5. The second-order valence-corrected chi connectivity index (χ2v) is 12.6. The van der Waals surface area contributed by atoms with Gasteiger partial charge in [0.2, 0.25) is 0 Å². The van der Waals surface area contributed by atoms with E-state index in [1.54, 1.807) is 27.7 Å². The highest BCUT2D eigenvalue weighted by Gasteiger charge is 2.13. The van der Waals surface area contributed by atoms with Crippen LogP contribution in [0.25, 0.3) is 0 Å². The molecule has 0 spiro atoms. The van der Waals surface area contributed by atoms with Crippen LogP contribution in [-0.2, 0) is 80.8 Å². The van der Waals surface area contributed by atoms with Crippen molar-refractivity contribution in [2.24, 2.45) is 0 Å². The molecule has 0 aromatic carbocycles. The lowest BCUT2D eigenvalue weighted by Crippen LogP contribution is -2.22. The Bertz CT molecular complexity index is 1000. The molecular formula is C40H66O17. The van der Waals surface area contributed by atoms with E-state index in [1.807, 2.05) is 0 Å². The zero-order valence-corrected chi connectivity index (χ0v) is 34.5. The van der Waals surface area contributed by atoms with Gasteiger partial charge < -0.3 is 61.6 Å². The number of carbonyl (C=O) groups excluding carboxylic acids is 4. The van der Waals surface area contributed by atoms with Gasteiger partial charge in [-0.3, -0.25) is 0 Å². The minimum Gasteiger partial charge on any atom is -0.462 e. The molecule has 0 saturated carbocycles. The summed E-state index contributed by atoms with van der Waals surface area (Å²) in [6, 6.07) is 0. The van der Waals surface area contributed by atoms with Crippen LogP contribution in [0.4, 0.5) is 0 Å². The molecule has 17 heteroatoms. The highest BCUT2D eigenvalue weighted by Crippen LogP contribution is 2.09. The van der Waals surface area contributed by atoms with Crippen molar-refractivity contribution in [2.45, 2.75) is 91.6 Å². The Morgan fingerprint density at radius 1 is 0.351 bits per heavy atom. The van der Waals surface area contributed by atoms with Gasteiger partial charge in [-0.15, -0.1) is 0 Å². The number of hydrogen-bond donors (Lipinski definition) is 0. The number of esters is 4. The van der Waals surface area contributed by atoms with Crippen LogP contribution in [0.1, 0.15) is 79.1 Å². The standard InChI is InChI=1S/C40H66O17/c1-31(2)37(41)50-23-11-19-46-27-54-35(55-28-47-20-12-24-51-38(42)32(3)4)15-9-17-45-18-10-16-36(56-29-48-21-13-25-52-39(43)33(5)6)57-30-49-22-14-26-53-40(44)34(7)8/h35-36H,1,3,5,7,9-30H2,2,4,6,8H3. The lowest BCUT2D eigenvalue weighted by atomic mass is 10.3. The predicted octanol–water partition coefficient (Wildman–Crippen LogP) is 5.22. The third-order valence-electron chi connectivity index (χ3n) is 6.86. The van der Waals surface area contributed by atoms with Crippen molar-refractivity contribution in [1.82, 2.24) is 0 Å². The first-order valence-corrected chi connectivity index (χ1v) is 19.0. The molecule has 0 N–H and O–H groups in total. The smallest absolute Gasteiger partial charge is 0.333 e. The molecule has 0 rings (SSSR count). The minimum atomic E-state index is -0.640. The molecule has 0 aliphatic carbocycles. The first-order valence-electron chi connectivity index (χ1n) is 19.0. The van der Waals surface area contributed by atoms with Gasteiger partial charge in [0.25, 0.3) is 0 Å². The molecule has 0 atom stereocenters.